The number of amides is 1. The van der Waals surface area contributed by atoms with Crippen molar-refractivity contribution in [1.29, 1.82) is 0 Å². The van der Waals surface area contributed by atoms with Crippen LogP contribution < -0.4 is 9.47 Å². The third-order valence-corrected chi connectivity index (χ3v) is 9.28. The quantitative estimate of drug-likeness (QED) is 0.250. The van der Waals surface area contributed by atoms with E-state index >= 15 is 0 Å². The summed E-state index contributed by atoms with van der Waals surface area (Å²) < 4.78 is 59.6. The second kappa shape index (κ2) is 9.88. The summed E-state index contributed by atoms with van der Waals surface area (Å²) in [4.78, 5) is 28.8. The third kappa shape index (κ3) is 3.92. The largest absolute Gasteiger partial charge is 0.497 e. The highest BCUT2D eigenvalue weighted by molar-refractivity contribution is 7.90. The first kappa shape index (κ1) is 27.3. The summed E-state index contributed by atoms with van der Waals surface area (Å²) in [5.74, 6) is -0.732. The van der Waals surface area contributed by atoms with Crippen LogP contribution in [0.3, 0.4) is 0 Å². The molecule has 42 heavy (non-hydrogen) atoms. The van der Waals surface area contributed by atoms with Crippen LogP contribution in [0.25, 0.3) is 32.9 Å². The Kier molecular flexibility index (Phi) is 6.42. The fraction of sp³-hybridized carbons (Fsp3) is 0.161. The van der Waals surface area contributed by atoms with Gasteiger partial charge in [0.1, 0.15) is 17.3 Å². The molecule has 1 aliphatic heterocycles. The minimum absolute atomic E-state index is 0.0253. The van der Waals surface area contributed by atoms with E-state index in [1.807, 2.05) is 0 Å². The molecule has 0 fully saturated rings. The SMILES string of the molecule is COC(=O)c1c(-c2ccc(OC)cc2)c2c(c3c4cc(OC)ccc4n(S(=O)(=O)c4ccc(F)cc4)c13)C(=O)N(C)C2. The summed E-state index contributed by atoms with van der Waals surface area (Å²) in [5.41, 5.74) is 1.92. The molecular formula is C31H25FN2O7S. The summed E-state index contributed by atoms with van der Waals surface area (Å²) in [6.45, 7) is 0.177. The first-order valence-electron chi connectivity index (χ1n) is 12.8. The van der Waals surface area contributed by atoms with Crippen LogP contribution in [0.2, 0.25) is 0 Å². The maximum Gasteiger partial charge on any atom is 0.340 e. The van der Waals surface area contributed by atoms with Gasteiger partial charge in [0.15, 0.2) is 0 Å². The van der Waals surface area contributed by atoms with Crippen LogP contribution >= 0.6 is 0 Å². The summed E-state index contributed by atoms with van der Waals surface area (Å²) in [7, 11) is 1.40. The van der Waals surface area contributed by atoms with E-state index in [0.29, 0.717) is 33.6 Å². The van der Waals surface area contributed by atoms with Gasteiger partial charge in [-0.2, -0.15) is 0 Å². The average Bonchev–Trinajstić information content (AvgIpc) is 3.49. The van der Waals surface area contributed by atoms with Crippen molar-refractivity contribution in [2.75, 3.05) is 28.4 Å². The Balaban J connectivity index is 1.90. The number of fused-ring (bicyclic) bond motifs is 5. The van der Waals surface area contributed by atoms with Crippen molar-refractivity contribution in [1.82, 2.24) is 8.87 Å². The molecule has 1 amide bonds. The van der Waals surface area contributed by atoms with Gasteiger partial charge in [0.25, 0.3) is 15.9 Å². The van der Waals surface area contributed by atoms with Crippen molar-refractivity contribution in [3.63, 3.8) is 0 Å². The number of aromatic nitrogens is 1. The second-order valence-electron chi connectivity index (χ2n) is 9.81. The third-order valence-electron chi connectivity index (χ3n) is 7.55. The standard InChI is InChI=1S/C31H25FN2O7S/c1-33-16-23-25(17-5-9-19(39-2)10-6-17)28(31(36)41-4)29-26(27(23)30(33)35)22-15-20(40-3)11-14-24(22)34(29)42(37,38)21-12-7-18(32)8-13-21/h5-15H,16H2,1-4H3. The zero-order chi connectivity index (χ0) is 29.9. The molecule has 6 rings (SSSR count). The molecular weight excluding hydrogens is 563 g/mol. The highest BCUT2D eigenvalue weighted by Crippen LogP contribution is 2.47. The zero-order valence-corrected chi connectivity index (χ0v) is 23.9. The lowest BCUT2D eigenvalue weighted by Gasteiger charge is -2.18. The molecule has 0 atom stereocenters. The molecule has 0 aliphatic carbocycles. The van der Waals surface area contributed by atoms with Gasteiger partial charge in [0, 0.05) is 29.9 Å². The van der Waals surface area contributed by atoms with Crippen LogP contribution in [-0.4, -0.2) is 57.5 Å². The highest BCUT2D eigenvalue weighted by Gasteiger charge is 2.39. The van der Waals surface area contributed by atoms with E-state index < -0.39 is 21.8 Å². The number of esters is 1. The number of hydrogen-bond donors (Lipinski definition) is 0. The van der Waals surface area contributed by atoms with Gasteiger partial charge in [-0.05, 0) is 65.7 Å². The molecule has 0 saturated carbocycles. The van der Waals surface area contributed by atoms with Crippen LogP contribution in [0.4, 0.5) is 4.39 Å². The maximum absolute atomic E-state index is 14.4. The van der Waals surface area contributed by atoms with Crippen molar-refractivity contribution < 1.29 is 36.6 Å². The number of hydrogen-bond acceptors (Lipinski definition) is 7. The lowest BCUT2D eigenvalue weighted by Crippen LogP contribution is -2.18. The molecule has 214 valence electrons. The van der Waals surface area contributed by atoms with Gasteiger partial charge in [-0.15, -0.1) is 0 Å². The van der Waals surface area contributed by atoms with Gasteiger partial charge in [-0.25, -0.2) is 21.6 Å². The summed E-state index contributed by atoms with van der Waals surface area (Å²) in [5, 5.41) is 0.665. The van der Waals surface area contributed by atoms with Crippen LogP contribution in [0.1, 0.15) is 26.3 Å². The fourth-order valence-electron chi connectivity index (χ4n) is 5.63. The van der Waals surface area contributed by atoms with Gasteiger partial charge in [0.05, 0.1) is 48.4 Å². The van der Waals surface area contributed by atoms with Crippen molar-refractivity contribution >= 4 is 43.7 Å². The van der Waals surface area contributed by atoms with Crippen molar-refractivity contribution in [3.05, 3.63) is 89.2 Å². The number of halogens is 1. The monoisotopic (exact) mass is 588 g/mol. The molecule has 0 radical (unpaired) electrons. The van der Waals surface area contributed by atoms with E-state index in [2.05, 4.69) is 0 Å². The Bertz CT molecular complexity index is 2030. The summed E-state index contributed by atoms with van der Waals surface area (Å²) in [6.07, 6.45) is 0. The van der Waals surface area contributed by atoms with Crippen molar-refractivity contribution in [3.8, 4) is 22.6 Å². The van der Waals surface area contributed by atoms with E-state index in [1.165, 1.54) is 26.2 Å². The average molecular weight is 589 g/mol. The topological polar surface area (TPSA) is 104 Å². The minimum atomic E-state index is -4.45. The zero-order valence-electron chi connectivity index (χ0n) is 23.1. The van der Waals surface area contributed by atoms with Crippen molar-refractivity contribution in [2.24, 2.45) is 0 Å². The molecule has 1 aliphatic rings. The Morgan fingerprint density at radius 1 is 0.881 bits per heavy atom. The molecule has 0 saturated heterocycles. The molecule has 9 nitrogen and oxygen atoms in total. The summed E-state index contributed by atoms with van der Waals surface area (Å²) in [6, 6.07) is 16.1. The highest BCUT2D eigenvalue weighted by atomic mass is 32.2. The van der Waals surface area contributed by atoms with E-state index in [0.717, 1.165) is 28.2 Å². The fourth-order valence-corrected chi connectivity index (χ4v) is 7.16. The second-order valence-corrected chi connectivity index (χ2v) is 11.6. The Morgan fingerprint density at radius 2 is 1.52 bits per heavy atom. The predicted molar refractivity (Wildman–Crippen MR) is 154 cm³/mol. The first-order chi connectivity index (χ1) is 20.1. The van der Waals surface area contributed by atoms with Crippen LogP contribution in [0.15, 0.2) is 71.6 Å². The first-order valence-corrected chi connectivity index (χ1v) is 14.3. The van der Waals surface area contributed by atoms with Gasteiger partial charge in [-0.3, -0.25) is 4.79 Å². The molecule has 2 heterocycles. The Labute approximate surface area is 240 Å². The van der Waals surface area contributed by atoms with Crippen molar-refractivity contribution in [2.45, 2.75) is 11.4 Å². The van der Waals surface area contributed by atoms with E-state index in [-0.39, 0.29) is 44.9 Å². The number of ether oxygens (including phenoxy) is 3. The number of methoxy groups -OCH3 is 3. The van der Waals surface area contributed by atoms with Crippen LogP contribution in [0.5, 0.6) is 11.5 Å². The lowest BCUT2D eigenvalue weighted by molar-refractivity contribution is 0.0603. The minimum Gasteiger partial charge on any atom is -0.497 e. The number of carbonyl (C=O) groups is 2. The van der Waals surface area contributed by atoms with E-state index in [1.54, 1.807) is 49.5 Å². The Hall–Kier alpha value is -4.90. The van der Waals surface area contributed by atoms with Gasteiger partial charge < -0.3 is 19.1 Å². The van der Waals surface area contributed by atoms with E-state index in [9.17, 15) is 22.4 Å². The molecule has 0 spiro atoms. The smallest absolute Gasteiger partial charge is 0.340 e. The molecule has 11 heteroatoms. The predicted octanol–water partition coefficient (Wildman–Crippen LogP) is 5.23. The summed E-state index contributed by atoms with van der Waals surface area (Å²) >= 11 is 0. The van der Waals surface area contributed by atoms with Gasteiger partial charge in [-0.1, -0.05) is 12.1 Å². The molecule has 4 aromatic carbocycles. The van der Waals surface area contributed by atoms with E-state index in [4.69, 9.17) is 14.2 Å². The number of nitrogens with zero attached hydrogens (tertiary/aromatic N) is 2. The Morgan fingerprint density at radius 3 is 2.14 bits per heavy atom. The molecule has 0 N–H and O–H groups in total. The van der Waals surface area contributed by atoms with Crippen LogP contribution in [0, 0.1) is 5.82 Å². The molecule has 0 unspecified atom stereocenters. The molecule has 0 bridgehead atoms. The molecule has 1 aromatic heterocycles. The number of benzene rings is 4. The lowest BCUT2D eigenvalue weighted by atomic mass is 9.88. The number of rotatable bonds is 6. The molecule has 5 aromatic rings. The normalized spacial score (nSPS) is 13.1. The van der Waals surface area contributed by atoms with Gasteiger partial charge >= 0.3 is 5.97 Å². The van der Waals surface area contributed by atoms with Gasteiger partial charge in [0.2, 0.25) is 0 Å². The number of carbonyl (C=O) groups excluding carboxylic acids is 2. The maximum atomic E-state index is 14.4. The van der Waals surface area contributed by atoms with Crippen LogP contribution in [-0.2, 0) is 21.3 Å².